The van der Waals surface area contributed by atoms with Gasteiger partial charge in [-0.25, -0.2) is 0 Å². The van der Waals surface area contributed by atoms with Crippen LogP contribution in [-0.2, 0) is 13.1 Å². The van der Waals surface area contributed by atoms with E-state index >= 15 is 0 Å². The lowest BCUT2D eigenvalue weighted by atomic mass is 9.89. The van der Waals surface area contributed by atoms with Gasteiger partial charge in [0.15, 0.2) is 0 Å². The van der Waals surface area contributed by atoms with E-state index in [1.807, 2.05) is 0 Å². The van der Waals surface area contributed by atoms with Crippen molar-refractivity contribution in [3.05, 3.63) is 120 Å². The minimum absolute atomic E-state index is 0.461. The molecule has 1 aliphatic rings. The summed E-state index contributed by atoms with van der Waals surface area (Å²) in [5, 5.41) is 18.8. The van der Waals surface area contributed by atoms with Crippen LogP contribution in [0.3, 0.4) is 0 Å². The first kappa shape index (κ1) is 23.4. The van der Waals surface area contributed by atoms with Crippen molar-refractivity contribution in [2.45, 2.75) is 50.9 Å². The zero-order chi connectivity index (χ0) is 25.3. The van der Waals surface area contributed by atoms with Crippen LogP contribution in [0.15, 0.2) is 109 Å². The predicted molar refractivity (Wildman–Crippen MR) is 163 cm³/mol. The number of nitrogens with one attached hydrogen (secondary N) is 2. The molecule has 0 unspecified atom stereocenters. The van der Waals surface area contributed by atoms with Gasteiger partial charge in [-0.15, -0.1) is 0 Å². The molecule has 0 heterocycles. The number of rotatable bonds is 6. The molecule has 7 rings (SSSR count). The average Bonchev–Trinajstić information content (AvgIpc) is 2.98. The third-order valence-corrected chi connectivity index (χ3v) is 8.61. The minimum atomic E-state index is 0.461. The van der Waals surface area contributed by atoms with Crippen molar-refractivity contribution in [3.63, 3.8) is 0 Å². The van der Waals surface area contributed by atoms with Gasteiger partial charge in [-0.1, -0.05) is 110 Å². The number of hydrogen-bond acceptors (Lipinski definition) is 2. The van der Waals surface area contributed by atoms with Crippen LogP contribution in [0.2, 0.25) is 0 Å². The van der Waals surface area contributed by atoms with E-state index in [2.05, 4.69) is 120 Å². The van der Waals surface area contributed by atoms with Gasteiger partial charge in [-0.3, -0.25) is 0 Å². The molecule has 1 fully saturated rings. The van der Waals surface area contributed by atoms with E-state index in [0.717, 1.165) is 13.1 Å². The molecule has 0 bridgehead atoms. The zero-order valence-corrected chi connectivity index (χ0v) is 21.8. The Hall–Kier alpha value is -3.72. The molecule has 0 aliphatic heterocycles. The van der Waals surface area contributed by atoms with Crippen molar-refractivity contribution in [1.29, 1.82) is 0 Å². The van der Waals surface area contributed by atoms with E-state index in [0.29, 0.717) is 12.1 Å². The largest absolute Gasteiger partial charge is 0.308 e. The van der Waals surface area contributed by atoms with Crippen molar-refractivity contribution in [2.24, 2.45) is 0 Å². The molecule has 2 N–H and O–H groups in total. The molecule has 38 heavy (non-hydrogen) atoms. The smallest absolute Gasteiger partial charge is 0.0224 e. The summed E-state index contributed by atoms with van der Waals surface area (Å²) in [7, 11) is 0. The fraction of sp³-hybridized carbons (Fsp3) is 0.222. The van der Waals surface area contributed by atoms with Crippen molar-refractivity contribution < 1.29 is 0 Å². The van der Waals surface area contributed by atoms with Gasteiger partial charge in [0.25, 0.3) is 0 Å². The first-order chi connectivity index (χ1) is 18.8. The molecule has 1 saturated carbocycles. The van der Waals surface area contributed by atoms with E-state index in [4.69, 9.17) is 0 Å². The van der Waals surface area contributed by atoms with Crippen molar-refractivity contribution in [3.8, 4) is 0 Å². The van der Waals surface area contributed by atoms with Crippen molar-refractivity contribution in [2.75, 3.05) is 0 Å². The topological polar surface area (TPSA) is 24.1 Å². The quantitative estimate of drug-likeness (QED) is 0.227. The number of hydrogen-bond donors (Lipinski definition) is 2. The Balaban J connectivity index is 1.17. The Morgan fingerprint density at radius 3 is 1.11 bits per heavy atom. The second kappa shape index (κ2) is 10.2. The highest BCUT2D eigenvalue weighted by molar-refractivity contribution is 6.03. The predicted octanol–water partition coefficient (Wildman–Crippen LogP) is 8.49. The van der Waals surface area contributed by atoms with Crippen molar-refractivity contribution >= 4 is 43.1 Å². The maximum Gasteiger partial charge on any atom is 0.0224 e. The van der Waals surface area contributed by atoms with Crippen LogP contribution in [-0.4, -0.2) is 12.1 Å². The third-order valence-electron chi connectivity index (χ3n) is 8.61. The molecule has 2 heteroatoms. The molecule has 2 atom stereocenters. The SMILES string of the molecule is c1ccc2c(CN[C@@H]3CCCC[C@H]3NCc3c4ccccc4cc4ccccc34)c3ccccc3cc2c1. The molecule has 6 aromatic carbocycles. The van der Waals surface area contributed by atoms with Gasteiger partial charge in [-0.05, 0) is 79.2 Å². The molecule has 0 saturated heterocycles. The molecule has 0 aromatic heterocycles. The highest BCUT2D eigenvalue weighted by Gasteiger charge is 2.25. The Bertz CT molecular complexity index is 1510. The van der Waals surface area contributed by atoms with Gasteiger partial charge in [0.05, 0.1) is 0 Å². The highest BCUT2D eigenvalue weighted by Crippen LogP contribution is 2.31. The highest BCUT2D eigenvalue weighted by atomic mass is 15.0. The van der Waals surface area contributed by atoms with Crippen LogP contribution < -0.4 is 10.6 Å². The average molecular weight is 495 g/mol. The normalized spacial score (nSPS) is 18.0. The number of fused-ring (bicyclic) bond motifs is 4. The minimum Gasteiger partial charge on any atom is -0.308 e. The lowest BCUT2D eigenvalue weighted by Crippen LogP contribution is -2.49. The van der Waals surface area contributed by atoms with Crippen LogP contribution >= 0.6 is 0 Å². The summed E-state index contributed by atoms with van der Waals surface area (Å²) in [6.07, 6.45) is 5.03. The van der Waals surface area contributed by atoms with Crippen LogP contribution in [0.5, 0.6) is 0 Å². The Morgan fingerprint density at radius 2 is 0.763 bits per heavy atom. The van der Waals surface area contributed by atoms with Crippen molar-refractivity contribution in [1.82, 2.24) is 10.6 Å². The molecule has 0 amide bonds. The lowest BCUT2D eigenvalue weighted by Gasteiger charge is -2.34. The molecule has 2 nitrogen and oxygen atoms in total. The monoisotopic (exact) mass is 494 g/mol. The van der Waals surface area contributed by atoms with Crippen LogP contribution in [0, 0.1) is 0 Å². The molecule has 188 valence electrons. The van der Waals surface area contributed by atoms with E-state index in [-0.39, 0.29) is 0 Å². The Morgan fingerprint density at radius 1 is 0.447 bits per heavy atom. The first-order valence-corrected chi connectivity index (χ1v) is 14.1. The number of benzene rings is 6. The van der Waals surface area contributed by atoms with Gasteiger partial charge in [0, 0.05) is 25.2 Å². The molecule has 0 spiro atoms. The summed E-state index contributed by atoms with van der Waals surface area (Å²) < 4.78 is 0. The maximum atomic E-state index is 4.02. The van der Waals surface area contributed by atoms with E-state index in [1.165, 1.54) is 79.9 Å². The Labute approximate surface area is 224 Å². The molecule has 6 aromatic rings. The van der Waals surface area contributed by atoms with E-state index < -0.39 is 0 Å². The van der Waals surface area contributed by atoms with E-state index in [9.17, 15) is 0 Å². The molecular weight excluding hydrogens is 460 g/mol. The molecule has 1 aliphatic carbocycles. The summed E-state index contributed by atoms with van der Waals surface area (Å²) >= 11 is 0. The van der Waals surface area contributed by atoms with Crippen LogP contribution in [0.4, 0.5) is 0 Å². The lowest BCUT2D eigenvalue weighted by molar-refractivity contribution is 0.282. The van der Waals surface area contributed by atoms with Gasteiger partial charge in [0.1, 0.15) is 0 Å². The fourth-order valence-electron chi connectivity index (χ4n) is 6.68. The summed E-state index contributed by atoms with van der Waals surface area (Å²) in [6.45, 7) is 1.78. The summed E-state index contributed by atoms with van der Waals surface area (Å²) in [4.78, 5) is 0. The van der Waals surface area contributed by atoms with Gasteiger partial charge in [0.2, 0.25) is 0 Å². The Kier molecular flexibility index (Phi) is 6.29. The summed E-state index contributed by atoms with van der Waals surface area (Å²) in [6, 6.07) is 40.9. The first-order valence-electron chi connectivity index (χ1n) is 14.1. The maximum absolute atomic E-state index is 4.02. The second-order valence-electron chi connectivity index (χ2n) is 10.9. The molecular formula is C36H34N2. The standard InChI is InChI=1S/C36H34N2/c1-5-15-29-25(11-1)21-26-12-2-6-16-30(26)33(29)23-37-35-19-9-10-20-36(35)38-24-34-31-17-7-3-13-27(31)22-28-14-4-8-18-32(28)34/h1-8,11-18,21-22,35-38H,9-10,19-20,23-24H2/t35-,36-/m1/s1. The molecule has 0 radical (unpaired) electrons. The zero-order valence-electron chi connectivity index (χ0n) is 21.8. The van der Waals surface area contributed by atoms with Crippen LogP contribution in [0.25, 0.3) is 43.1 Å². The van der Waals surface area contributed by atoms with E-state index in [1.54, 1.807) is 0 Å². The van der Waals surface area contributed by atoms with Crippen LogP contribution in [0.1, 0.15) is 36.8 Å². The second-order valence-corrected chi connectivity index (χ2v) is 10.9. The third kappa shape index (κ3) is 4.34. The fourth-order valence-corrected chi connectivity index (χ4v) is 6.68. The van der Waals surface area contributed by atoms with Gasteiger partial charge in [-0.2, -0.15) is 0 Å². The van der Waals surface area contributed by atoms with Gasteiger partial charge >= 0.3 is 0 Å². The summed E-state index contributed by atoms with van der Waals surface area (Å²) in [5.74, 6) is 0. The van der Waals surface area contributed by atoms with Gasteiger partial charge < -0.3 is 10.6 Å². The summed E-state index contributed by atoms with van der Waals surface area (Å²) in [5.41, 5.74) is 2.84.